The van der Waals surface area contributed by atoms with Crippen LogP contribution < -0.4 is 4.72 Å². The van der Waals surface area contributed by atoms with Gasteiger partial charge in [-0.2, -0.15) is 0 Å². The summed E-state index contributed by atoms with van der Waals surface area (Å²) >= 11 is 3.16. The van der Waals surface area contributed by atoms with E-state index in [1.54, 1.807) is 6.92 Å². The van der Waals surface area contributed by atoms with Crippen molar-refractivity contribution in [2.75, 3.05) is 13.2 Å². The fraction of sp³-hybridized carbons (Fsp3) is 0.455. The van der Waals surface area contributed by atoms with Crippen LogP contribution in [0.3, 0.4) is 0 Å². The van der Waals surface area contributed by atoms with Gasteiger partial charge in [0.05, 0.1) is 6.61 Å². The van der Waals surface area contributed by atoms with Gasteiger partial charge in [-0.25, -0.2) is 13.1 Å². The van der Waals surface area contributed by atoms with Crippen LogP contribution in [-0.2, 0) is 19.6 Å². The number of hydrogen-bond donors (Lipinski definition) is 1. The van der Waals surface area contributed by atoms with Crippen molar-refractivity contribution in [1.82, 2.24) is 9.71 Å². The number of halogens is 1. The minimum atomic E-state index is -3.59. The molecule has 0 fully saturated rings. The van der Waals surface area contributed by atoms with Crippen LogP contribution in [0, 0.1) is 0 Å². The quantitative estimate of drug-likeness (QED) is 0.594. The van der Waals surface area contributed by atoms with Crippen molar-refractivity contribution in [3.63, 3.8) is 0 Å². The molecular formula is C11H15BrN2O4S. The minimum Gasteiger partial charge on any atom is -0.466 e. The minimum absolute atomic E-state index is 0.0815. The third-order valence-electron chi connectivity index (χ3n) is 2.15. The molecule has 6 nitrogen and oxygen atoms in total. The molecule has 0 saturated carbocycles. The van der Waals surface area contributed by atoms with E-state index >= 15 is 0 Å². The van der Waals surface area contributed by atoms with Crippen LogP contribution in [0.4, 0.5) is 0 Å². The highest BCUT2D eigenvalue weighted by Gasteiger charge is 2.14. The van der Waals surface area contributed by atoms with E-state index in [-0.39, 0.29) is 23.8 Å². The highest BCUT2D eigenvalue weighted by atomic mass is 79.9. The second-order valence-corrected chi connectivity index (χ2v) is 6.33. The molecule has 0 aliphatic rings. The number of carbonyl (C=O) groups excluding carboxylic acids is 1. The molecular weight excluding hydrogens is 336 g/mol. The van der Waals surface area contributed by atoms with E-state index in [4.69, 9.17) is 4.74 Å². The van der Waals surface area contributed by atoms with Gasteiger partial charge in [-0.3, -0.25) is 9.78 Å². The van der Waals surface area contributed by atoms with Crippen molar-refractivity contribution in [3.05, 3.63) is 22.9 Å². The van der Waals surface area contributed by atoms with Crippen LogP contribution in [0.1, 0.15) is 19.8 Å². The first-order valence-corrected chi connectivity index (χ1v) is 7.99. The summed E-state index contributed by atoms with van der Waals surface area (Å²) in [5.41, 5.74) is 0. The molecule has 8 heteroatoms. The molecule has 0 bridgehead atoms. The van der Waals surface area contributed by atoms with Gasteiger partial charge in [0.15, 0.2) is 0 Å². The first kappa shape index (κ1) is 16.1. The summed E-state index contributed by atoms with van der Waals surface area (Å²) in [6.07, 6.45) is 3.34. The molecule has 19 heavy (non-hydrogen) atoms. The summed E-state index contributed by atoms with van der Waals surface area (Å²) in [5, 5.41) is 0. The van der Waals surface area contributed by atoms with E-state index < -0.39 is 10.0 Å². The molecule has 1 rings (SSSR count). The highest BCUT2D eigenvalue weighted by molar-refractivity contribution is 9.10. The van der Waals surface area contributed by atoms with Crippen LogP contribution in [0.25, 0.3) is 0 Å². The maximum atomic E-state index is 11.9. The number of nitrogens with zero attached hydrogens (tertiary/aromatic N) is 1. The average Bonchev–Trinajstić information content (AvgIpc) is 2.35. The number of ether oxygens (including phenoxy) is 1. The van der Waals surface area contributed by atoms with Gasteiger partial charge in [-0.15, -0.1) is 0 Å². The Hall–Kier alpha value is -0.990. The number of esters is 1. The zero-order valence-electron chi connectivity index (χ0n) is 10.4. The van der Waals surface area contributed by atoms with Gasteiger partial charge in [-0.05, 0) is 35.3 Å². The number of sulfonamides is 1. The number of carbonyl (C=O) groups is 1. The summed E-state index contributed by atoms with van der Waals surface area (Å²) in [6, 6.07) is 1.46. The lowest BCUT2D eigenvalue weighted by Gasteiger charge is -2.06. The van der Waals surface area contributed by atoms with E-state index in [0.29, 0.717) is 17.5 Å². The largest absolute Gasteiger partial charge is 0.466 e. The van der Waals surface area contributed by atoms with Crippen molar-refractivity contribution in [3.8, 4) is 0 Å². The molecule has 0 unspecified atom stereocenters. The normalized spacial score (nSPS) is 11.3. The third-order valence-corrected chi connectivity index (χ3v) is 4.01. The second-order valence-electron chi connectivity index (χ2n) is 3.65. The molecule has 0 aliphatic heterocycles. The van der Waals surface area contributed by atoms with Gasteiger partial charge in [0.2, 0.25) is 10.0 Å². The van der Waals surface area contributed by atoms with Crippen LogP contribution in [0.15, 0.2) is 27.8 Å². The van der Waals surface area contributed by atoms with Crippen molar-refractivity contribution < 1.29 is 17.9 Å². The second kappa shape index (κ2) is 7.56. The number of rotatable bonds is 7. The molecule has 0 atom stereocenters. The summed E-state index contributed by atoms with van der Waals surface area (Å²) in [4.78, 5) is 14.9. The van der Waals surface area contributed by atoms with Crippen LogP contribution in [0.5, 0.6) is 0 Å². The summed E-state index contributed by atoms with van der Waals surface area (Å²) in [6.45, 7) is 2.23. The number of aromatic nitrogens is 1. The van der Waals surface area contributed by atoms with Gasteiger partial charge < -0.3 is 4.74 Å². The van der Waals surface area contributed by atoms with Gasteiger partial charge in [0.1, 0.15) is 4.90 Å². The lowest BCUT2D eigenvalue weighted by atomic mass is 10.3. The fourth-order valence-corrected chi connectivity index (χ4v) is 2.87. The molecule has 0 aliphatic carbocycles. The number of nitrogens with one attached hydrogen (secondary N) is 1. The highest BCUT2D eigenvalue weighted by Crippen LogP contribution is 2.13. The standard InChI is InChI=1S/C11H15BrN2O4S/c1-2-18-11(15)4-3-5-14-19(16,17)10-6-9(12)7-13-8-10/h6-8,14H,2-5H2,1H3. The summed E-state index contributed by atoms with van der Waals surface area (Å²) < 4.78 is 31.5. The molecule has 0 saturated heterocycles. The Morgan fingerprint density at radius 1 is 1.47 bits per heavy atom. The topological polar surface area (TPSA) is 85.4 Å². The van der Waals surface area contributed by atoms with Gasteiger partial charge >= 0.3 is 5.97 Å². The lowest BCUT2D eigenvalue weighted by molar-refractivity contribution is -0.143. The maximum Gasteiger partial charge on any atom is 0.305 e. The Morgan fingerprint density at radius 3 is 2.84 bits per heavy atom. The molecule has 1 aromatic heterocycles. The zero-order valence-corrected chi connectivity index (χ0v) is 12.8. The molecule has 0 spiro atoms. The van der Waals surface area contributed by atoms with Crippen LogP contribution in [0.2, 0.25) is 0 Å². The molecule has 0 aromatic carbocycles. The molecule has 0 amide bonds. The van der Waals surface area contributed by atoms with Gasteiger partial charge in [0.25, 0.3) is 0 Å². The summed E-state index contributed by atoms with van der Waals surface area (Å²) in [7, 11) is -3.59. The van der Waals surface area contributed by atoms with Crippen molar-refractivity contribution in [2.45, 2.75) is 24.7 Å². The molecule has 0 radical (unpaired) electrons. The molecule has 1 heterocycles. The maximum absolute atomic E-state index is 11.9. The number of hydrogen-bond acceptors (Lipinski definition) is 5. The number of pyridine rings is 1. The Balaban J connectivity index is 2.46. The fourth-order valence-electron chi connectivity index (χ4n) is 1.30. The monoisotopic (exact) mass is 350 g/mol. The van der Waals surface area contributed by atoms with Crippen molar-refractivity contribution in [1.29, 1.82) is 0 Å². The zero-order chi connectivity index (χ0) is 14.3. The Labute approximate surface area is 120 Å². The summed E-state index contributed by atoms with van der Waals surface area (Å²) in [5.74, 6) is -0.328. The van der Waals surface area contributed by atoms with E-state index in [1.165, 1.54) is 18.5 Å². The predicted octanol–water partition coefficient (Wildman–Crippen LogP) is 1.47. The molecule has 1 aromatic rings. The van der Waals surface area contributed by atoms with Crippen LogP contribution in [-0.4, -0.2) is 32.5 Å². The van der Waals surface area contributed by atoms with Crippen molar-refractivity contribution >= 4 is 31.9 Å². The van der Waals surface area contributed by atoms with Gasteiger partial charge in [0, 0.05) is 29.8 Å². The van der Waals surface area contributed by atoms with E-state index in [9.17, 15) is 13.2 Å². The molecule has 106 valence electrons. The lowest BCUT2D eigenvalue weighted by Crippen LogP contribution is -2.25. The van der Waals surface area contributed by atoms with Crippen molar-refractivity contribution in [2.24, 2.45) is 0 Å². The smallest absolute Gasteiger partial charge is 0.305 e. The Kier molecular flexibility index (Phi) is 6.40. The molecule has 1 N–H and O–H groups in total. The third kappa shape index (κ3) is 5.66. The van der Waals surface area contributed by atoms with E-state index in [0.717, 1.165) is 0 Å². The van der Waals surface area contributed by atoms with E-state index in [2.05, 4.69) is 25.6 Å². The first-order chi connectivity index (χ1) is 8.95. The Bertz CT molecular complexity index is 533. The Morgan fingerprint density at radius 2 is 2.21 bits per heavy atom. The van der Waals surface area contributed by atoms with Gasteiger partial charge in [-0.1, -0.05) is 0 Å². The van der Waals surface area contributed by atoms with E-state index in [1.807, 2.05) is 0 Å². The predicted molar refractivity (Wildman–Crippen MR) is 73.0 cm³/mol. The van der Waals surface area contributed by atoms with Crippen LogP contribution >= 0.6 is 15.9 Å². The SMILES string of the molecule is CCOC(=O)CCCNS(=O)(=O)c1cncc(Br)c1. The first-order valence-electron chi connectivity index (χ1n) is 5.71. The average molecular weight is 351 g/mol.